The molecule has 0 saturated carbocycles. The average Bonchev–Trinajstić information content (AvgIpc) is 3.04. The topological polar surface area (TPSA) is 41.1 Å². The van der Waals surface area contributed by atoms with E-state index in [4.69, 9.17) is 11.6 Å². The molecule has 1 fully saturated rings. The summed E-state index contributed by atoms with van der Waals surface area (Å²) in [4.78, 5) is 12.3. The van der Waals surface area contributed by atoms with Gasteiger partial charge in [-0.3, -0.25) is 0 Å². The fourth-order valence-corrected chi connectivity index (χ4v) is 3.93. The minimum absolute atomic E-state index is 0.364. The molecule has 2 aliphatic rings. The molecular weight excluding hydrogens is 280 g/mol. The van der Waals surface area contributed by atoms with Gasteiger partial charge in [0, 0.05) is 18.7 Å². The van der Waals surface area contributed by atoms with Gasteiger partial charge < -0.3 is 10.2 Å². The van der Waals surface area contributed by atoms with Gasteiger partial charge in [-0.25, -0.2) is 4.98 Å². The van der Waals surface area contributed by atoms with Crippen LogP contribution in [0.2, 0.25) is 5.28 Å². The molecule has 0 spiro atoms. The van der Waals surface area contributed by atoms with Crippen molar-refractivity contribution in [3.8, 4) is 0 Å². The van der Waals surface area contributed by atoms with Crippen molar-refractivity contribution in [2.45, 2.75) is 30.6 Å². The number of nitrogens with one attached hydrogen (secondary N) is 1. The molecule has 0 unspecified atom stereocenters. The first kappa shape index (κ1) is 13.5. The summed E-state index contributed by atoms with van der Waals surface area (Å²) in [7, 11) is 0. The van der Waals surface area contributed by atoms with Crippen LogP contribution in [0.1, 0.15) is 25.0 Å². The Morgan fingerprint density at radius 2 is 2.11 bits per heavy atom. The van der Waals surface area contributed by atoms with Gasteiger partial charge in [0.25, 0.3) is 0 Å². The van der Waals surface area contributed by atoms with Crippen molar-refractivity contribution in [2.24, 2.45) is 0 Å². The Kier molecular flexibility index (Phi) is 4.45. The molecule has 1 N–H and O–H groups in total. The van der Waals surface area contributed by atoms with Crippen LogP contribution in [-0.4, -0.2) is 46.8 Å². The molecular formula is C13H19ClN4S. The molecule has 0 amide bonds. The maximum absolute atomic E-state index is 5.97. The van der Waals surface area contributed by atoms with E-state index in [1.165, 1.54) is 37.4 Å². The minimum Gasteiger partial charge on any atom is -0.369 e. The van der Waals surface area contributed by atoms with Crippen molar-refractivity contribution < 1.29 is 0 Å². The van der Waals surface area contributed by atoms with Crippen molar-refractivity contribution in [3.63, 3.8) is 0 Å². The molecule has 1 aromatic heterocycles. The van der Waals surface area contributed by atoms with E-state index in [1.54, 1.807) is 0 Å². The maximum Gasteiger partial charge on any atom is 0.224 e. The van der Waals surface area contributed by atoms with Gasteiger partial charge in [-0.15, -0.1) is 11.8 Å². The molecule has 2 aliphatic heterocycles. The molecule has 3 heterocycles. The van der Waals surface area contributed by atoms with Crippen molar-refractivity contribution in [1.29, 1.82) is 0 Å². The number of likely N-dealkylation sites (tertiary alicyclic amines) is 1. The monoisotopic (exact) mass is 298 g/mol. The van der Waals surface area contributed by atoms with Crippen LogP contribution < -0.4 is 5.32 Å². The highest BCUT2D eigenvalue weighted by Crippen LogP contribution is 2.35. The first-order valence-electron chi connectivity index (χ1n) is 6.98. The van der Waals surface area contributed by atoms with Gasteiger partial charge >= 0.3 is 0 Å². The van der Waals surface area contributed by atoms with Crippen LogP contribution in [0.5, 0.6) is 0 Å². The summed E-state index contributed by atoms with van der Waals surface area (Å²) >= 11 is 7.80. The van der Waals surface area contributed by atoms with Crippen LogP contribution in [0.3, 0.4) is 0 Å². The van der Waals surface area contributed by atoms with Gasteiger partial charge in [0.05, 0.1) is 10.6 Å². The number of hydrogen-bond acceptors (Lipinski definition) is 5. The van der Waals surface area contributed by atoms with Gasteiger partial charge in [-0.05, 0) is 50.5 Å². The minimum atomic E-state index is 0.364. The second-order valence-corrected chi connectivity index (χ2v) is 6.49. The third-order valence-electron chi connectivity index (χ3n) is 3.64. The lowest BCUT2D eigenvalue weighted by atomic mass is 10.3. The summed E-state index contributed by atoms with van der Waals surface area (Å²) in [5, 5.41) is 3.79. The first-order valence-corrected chi connectivity index (χ1v) is 8.35. The molecule has 1 saturated heterocycles. The Morgan fingerprint density at radius 3 is 2.95 bits per heavy atom. The Morgan fingerprint density at radius 1 is 1.26 bits per heavy atom. The second-order valence-electron chi connectivity index (χ2n) is 5.04. The van der Waals surface area contributed by atoms with E-state index in [0.29, 0.717) is 5.28 Å². The van der Waals surface area contributed by atoms with Crippen LogP contribution >= 0.6 is 23.4 Å². The van der Waals surface area contributed by atoms with Gasteiger partial charge in [0.1, 0.15) is 5.82 Å². The number of aromatic nitrogens is 2. The number of halogens is 1. The SMILES string of the molecule is Clc1nc2c(c(NCCCN3CCCC3)n1)SCC2. The predicted molar refractivity (Wildman–Crippen MR) is 80.3 cm³/mol. The summed E-state index contributed by atoms with van der Waals surface area (Å²) in [5.41, 5.74) is 1.10. The summed E-state index contributed by atoms with van der Waals surface area (Å²) in [6.45, 7) is 4.67. The van der Waals surface area contributed by atoms with Gasteiger partial charge in [-0.1, -0.05) is 0 Å². The number of hydrogen-bond donors (Lipinski definition) is 1. The van der Waals surface area contributed by atoms with Gasteiger partial charge in [-0.2, -0.15) is 4.98 Å². The standard InChI is InChI=1S/C13H19ClN4S/c14-13-16-10-4-9-19-11(10)12(17-13)15-5-3-8-18-6-1-2-7-18/h1-9H2,(H,15,16,17). The number of nitrogens with zero attached hydrogens (tertiary/aromatic N) is 3. The fourth-order valence-electron chi connectivity index (χ4n) is 2.67. The predicted octanol–water partition coefficient (Wildman–Crippen LogP) is 2.68. The smallest absolute Gasteiger partial charge is 0.224 e. The molecule has 6 heteroatoms. The zero-order chi connectivity index (χ0) is 13.1. The van der Waals surface area contributed by atoms with Crippen LogP contribution in [-0.2, 0) is 6.42 Å². The lowest BCUT2D eigenvalue weighted by molar-refractivity contribution is 0.337. The van der Waals surface area contributed by atoms with E-state index in [0.717, 1.165) is 36.7 Å². The number of anilines is 1. The van der Waals surface area contributed by atoms with Gasteiger partial charge in [0.2, 0.25) is 5.28 Å². The lowest BCUT2D eigenvalue weighted by Crippen LogP contribution is -2.22. The third kappa shape index (κ3) is 3.33. The first-order chi connectivity index (χ1) is 9.33. The van der Waals surface area contributed by atoms with E-state index in [2.05, 4.69) is 20.2 Å². The number of aryl methyl sites for hydroxylation is 1. The van der Waals surface area contributed by atoms with E-state index >= 15 is 0 Å². The Labute approximate surface area is 123 Å². The number of rotatable bonds is 5. The van der Waals surface area contributed by atoms with E-state index in [1.807, 2.05) is 11.8 Å². The second kappa shape index (κ2) is 6.29. The van der Waals surface area contributed by atoms with E-state index in [9.17, 15) is 0 Å². The number of thioether (sulfide) groups is 1. The van der Waals surface area contributed by atoms with Crippen molar-refractivity contribution >= 4 is 29.2 Å². The third-order valence-corrected chi connectivity index (χ3v) is 4.93. The molecule has 19 heavy (non-hydrogen) atoms. The molecule has 4 nitrogen and oxygen atoms in total. The normalized spacial score (nSPS) is 18.8. The largest absolute Gasteiger partial charge is 0.369 e. The van der Waals surface area contributed by atoms with E-state index < -0.39 is 0 Å². The molecule has 0 bridgehead atoms. The van der Waals surface area contributed by atoms with Crippen molar-refractivity contribution in [3.05, 3.63) is 11.0 Å². The zero-order valence-electron chi connectivity index (χ0n) is 11.0. The van der Waals surface area contributed by atoms with Crippen LogP contribution in [0, 0.1) is 0 Å². The van der Waals surface area contributed by atoms with Crippen molar-refractivity contribution in [1.82, 2.24) is 14.9 Å². The molecule has 0 radical (unpaired) electrons. The van der Waals surface area contributed by atoms with Crippen LogP contribution in [0.25, 0.3) is 0 Å². The molecule has 1 aromatic rings. The summed E-state index contributed by atoms with van der Waals surface area (Å²) in [5.74, 6) is 2.02. The average molecular weight is 299 g/mol. The highest BCUT2D eigenvalue weighted by molar-refractivity contribution is 7.99. The van der Waals surface area contributed by atoms with E-state index in [-0.39, 0.29) is 0 Å². The lowest BCUT2D eigenvalue weighted by Gasteiger charge is -2.15. The van der Waals surface area contributed by atoms with Crippen LogP contribution in [0.4, 0.5) is 5.82 Å². The van der Waals surface area contributed by atoms with Crippen LogP contribution in [0.15, 0.2) is 4.90 Å². The fraction of sp³-hybridized carbons (Fsp3) is 0.692. The quantitative estimate of drug-likeness (QED) is 0.668. The molecule has 0 aromatic carbocycles. The maximum atomic E-state index is 5.97. The number of fused-ring (bicyclic) bond motifs is 1. The molecule has 0 atom stereocenters. The summed E-state index contributed by atoms with van der Waals surface area (Å²) < 4.78 is 0. The zero-order valence-corrected chi connectivity index (χ0v) is 12.6. The Hall–Kier alpha value is -0.520. The highest BCUT2D eigenvalue weighted by atomic mass is 35.5. The molecule has 3 rings (SSSR count). The molecule has 0 aliphatic carbocycles. The molecule has 104 valence electrons. The Bertz CT molecular complexity index is 449. The van der Waals surface area contributed by atoms with Crippen molar-refractivity contribution in [2.75, 3.05) is 37.2 Å². The van der Waals surface area contributed by atoms with Gasteiger partial charge in [0.15, 0.2) is 0 Å². The summed E-state index contributed by atoms with van der Waals surface area (Å²) in [6, 6.07) is 0. The summed E-state index contributed by atoms with van der Waals surface area (Å²) in [6.07, 6.45) is 4.88. The Balaban J connectivity index is 1.52. The highest BCUT2D eigenvalue weighted by Gasteiger charge is 2.19.